The molecule has 0 radical (unpaired) electrons. The highest BCUT2D eigenvalue weighted by molar-refractivity contribution is 5.56. The SMILES string of the molecule is CCc1cc(=O)[nH]c(-c2ccc(NCC3C4Cc5ccccc5C34)nc2)n1. The monoisotopic (exact) mass is 358 g/mol. The molecule has 2 N–H and O–H groups in total. The summed E-state index contributed by atoms with van der Waals surface area (Å²) in [7, 11) is 0. The van der Waals surface area contributed by atoms with Crippen molar-refractivity contribution in [1.82, 2.24) is 15.0 Å². The zero-order chi connectivity index (χ0) is 18.4. The smallest absolute Gasteiger partial charge is 0.251 e. The Morgan fingerprint density at radius 1 is 1.22 bits per heavy atom. The summed E-state index contributed by atoms with van der Waals surface area (Å²) in [4.78, 5) is 23.5. The molecule has 2 heterocycles. The fraction of sp³-hybridized carbons (Fsp3) is 0.318. The number of hydrogen-bond acceptors (Lipinski definition) is 4. The van der Waals surface area contributed by atoms with Crippen LogP contribution in [-0.4, -0.2) is 21.5 Å². The van der Waals surface area contributed by atoms with Gasteiger partial charge in [0.2, 0.25) is 0 Å². The summed E-state index contributed by atoms with van der Waals surface area (Å²) in [5.74, 6) is 3.66. The molecule has 27 heavy (non-hydrogen) atoms. The number of benzene rings is 1. The van der Waals surface area contributed by atoms with Gasteiger partial charge in [0.25, 0.3) is 5.56 Å². The van der Waals surface area contributed by atoms with Crippen LogP contribution in [0.5, 0.6) is 0 Å². The Labute approximate surface area is 157 Å². The molecule has 0 amide bonds. The maximum Gasteiger partial charge on any atom is 0.251 e. The number of anilines is 1. The first-order chi connectivity index (χ1) is 13.2. The van der Waals surface area contributed by atoms with Gasteiger partial charge in [0.05, 0.1) is 0 Å². The molecular formula is C22H22N4O. The zero-order valence-electron chi connectivity index (χ0n) is 15.3. The topological polar surface area (TPSA) is 70.7 Å². The molecule has 3 atom stereocenters. The molecule has 5 heteroatoms. The van der Waals surface area contributed by atoms with Gasteiger partial charge in [-0.25, -0.2) is 9.97 Å². The molecule has 2 aromatic heterocycles. The molecule has 0 spiro atoms. The standard InChI is InChI=1S/C22H22N4O/c1-2-15-10-20(27)26-22(25-15)14-7-8-19(23-11-14)24-12-18-17-9-13-5-3-4-6-16(13)21(17)18/h3-8,10-11,17-18,21H,2,9,12H2,1H3,(H,23,24)(H,25,26,27). The Morgan fingerprint density at radius 2 is 2.11 bits per heavy atom. The van der Waals surface area contributed by atoms with E-state index in [4.69, 9.17) is 0 Å². The number of aryl methyl sites for hydroxylation is 1. The van der Waals surface area contributed by atoms with Crippen LogP contribution in [0.1, 0.15) is 29.7 Å². The van der Waals surface area contributed by atoms with Crippen molar-refractivity contribution in [3.05, 3.63) is 75.8 Å². The summed E-state index contributed by atoms with van der Waals surface area (Å²) in [5, 5.41) is 3.48. The highest BCUT2D eigenvalue weighted by Crippen LogP contribution is 2.61. The van der Waals surface area contributed by atoms with Crippen LogP contribution < -0.4 is 10.9 Å². The largest absolute Gasteiger partial charge is 0.370 e. The van der Waals surface area contributed by atoms with Crippen molar-refractivity contribution in [1.29, 1.82) is 0 Å². The molecule has 0 bridgehead atoms. The van der Waals surface area contributed by atoms with Gasteiger partial charge < -0.3 is 10.3 Å². The van der Waals surface area contributed by atoms with E-state index < -0.39 is 0 Å². The normalized spacial score (nSPS) is 22.2. The number of nitrogens with one attached hydrogen (secondary N) is 2. The van der Waals surface area contributed by atoms with Gasteiger partial charge in [0, 0.05) is 30.1 Å². The first kappa shape index (κ1) is 16.2. The lowest BCUT2D eigenvalue weighted by atomic mass is 10.0. The van der Waals surface area contributed by atoms with Crippen LogP contribution in [0.3, 0.4) is 0 Å². The predicted octanol–water partition coefficient (Wildman–Crippen LogP) is 3.39. The number of H-pyrrole nitrogens is 1. The van der Waals surface area contributed by atoms with E-state index in [0.29, 0.717) is 11.7 Å². The molecule has 0 saturated heterocycles. The van der Waals surface area contributed by atoms with Crippen LogP contribution in [-0.2, 0) is 12.8 Å². The lowest BCUT2D eigenvalue weighted by Gasteiger charge is -2.10. The van der Waals surface area contributed by atoms with E-state index in [1.54, 1.807) is 11.8 Å². The second kappa shape index (κ2) is 6.34. The molecule has 5 rings (SSSR count). The minimum atomic E-state index is -0.125. The van der Waals surface area contributed by atoms with E-state index in [1.807, 2.05) is 19.1 Å². The summed E-state index contributed by atoms with van der Waals surface area (Å²) in [6.45, 7) is 2.94. The number of aromatic nitrogens is 3. The molecule has 2 aliphatic rings. The second-order valence-electron chi connectivity index (χ2n) is 7.51. The van der Waals surface area contributed by atoms with Crippen molar-refractivity contribution in [2.24, 2.45) is 11.8 Å². The fourth-order valence-corrected chi connectivity index (χ4v) is 4.45. The predicted molar refractivity (Wildman–Crippen MR) is 106 cm³/mol. The summed E-state index contributed by atoms with van der Waals surface area (Å²) >= 11 is 0. The van der Waals surface area contributed by atoms with Gasteiger partial charge in [-0.05, 0) is 53.9 Å². The first-order valence-electron chi connectivity index (χ1n) is 9.61. The number of hydrogen-bond donors (Lipinski definition) is 2. The highest BCUT2D eigenvalue weighted by Gasteiger charge is 2.54. The molecular weight excluding hydrogens is 336 g/mol. The first-order valence-corrected chi connectivity index (χ1v) is 9.61. The molecule has 1 aromatic carbocycles. The minimum Gasteiger partial charge on any atom is -0.370 e. The molecule has 0 aliphatic heterocycles. The van der Waals surface area contributed by atoms with Crippen molar-refractivity contribution in [2.75, 3.05) is 11.9 Å². The third kappa shape index (κ3) is 2.93. The van der Waals surface area contributed by atoms with Gasteiger partial charge >= 0.3 is 0 Å². The van der Waals surface area contributed by atoms with Gasteiger partial charge in [-0.2, -0.15) is 0 Å². The lowest BCUT2D eigenvalue weighted by Crippen LogP contribution is -2.11. The third-order valence-corrected chi connectivity index (χ3v) is 5.91. The van der Waals surface area contributed by atoms with Crippen LogP contribution in [0.25, 0.3) is 11.4 Å². The Hall–Kier alpha value is -2.95. The summed E-state index contributed by atoms with van der Waals surface area (Å²) < 4.78 is 0. The average Bonchev–Trinajstić information content (AvgIpc) is 3.24. The Bertz CT molecular complexity index is 1040. The van der Waals surface area contributed by atoms with Crippen molar-refractivity contribution in [3.8, 4) is 11.4 Å². The quantitative estimate of drug-likeness (QED) is 0.733. The van der Waals surface area contributed by atoms with E-state index in [9.17, 15) is 4.79 Å². The Morgan fingerprint density at radius 3 is 2.93 bits per heavy atom. The summed E-state index contributed by atoms with van der Waals surface area (Å²) in [5.41, 5.74) is 4.56. The molecule has 3 unspecified atom stereocenters. The maximum absolute atomic E-state index is 11.7. The van der Waals surface area contributed by atoms with Crippen molar-refractivity contribution in [2.45, 2.75) is 25.7 Å². The van der Waals surface area contributed by atoms with Gasteiger partial charge in [0.15, 0.2) is 0 Å². The van der Waals surface area contributed by atoms with Gasteiger partial charge in [-0.1, -0.05) is 31.2 Å². The van der Waals surface area contributed by atoms with Crippen LogP contribution in [0.4, 0.5) is 5.82 Å². The van der Waals surface area contributed by atoms with Crippen molar-refractivity contribution >= 4 is 5.82 Å². The van der Waals surface area contributed by atoms with Crippen LogP contribution in [0.2, 0.25) is 0 Å². The molecule has 1 saturated carbocycles. The number of fused-ring (bicyclic) bond motifs is 3. The zero-order valence-corrected chi connectivity index (χ0v) is 15.3. The molecule has 2 aliphatic carbocycles. The minimum absolute atomic E-state index is 0.125. The van der Waals surface area contributed by atoms with Crippen LogP contribution in [0.15, 0.2) is 53.5 Å². The van der Waals surface area contributed by atoms with Gasteiger partial charge in [0.1, 0.15) is 11.6 Å². The maximum atomic E-state index is 11.7. The van der Waals surface area contributed by atoms with E-state index in [0.717, 1.165) is 41.9 Å². The van der Waals surface area contributed by atoms with Gasteiger partial charge in [-0.3, -0.25) is 4.79 Å². The molecule has 5 nitrogen and oxygen atoms in total. The number of aromatic amines is 1. The van der Waals surface area contributed by atoms with E-state index in [1.165, 1.54) is 18.1 Å². The fourth-order valence-electron chi connectivity index (χ4n) is 4.45. The molecule has 136 valence electrons. The Balaban J connectivity index is 1.25. The van der Waals surface area contributed by atoms with E-state index in [2.05, 4.69) is 44.5 Å². The van der Waals surface area contributed by atoms with Crippen molar-refractivity contribution < 1.29 is 0 Å². The molecule has 1 fully saturated rings. The number of pyridine rings is 1. The van der Waals surface area contributed by atoms with Gasteiger partial charge in [-0.15, -0.1) is 0 Å². The Kier molecular flexibility index (Phi) is 3.81. The van der Waals surface area contributed by atoms with Crippen LogP contribution in [0, 0.1) is 11.8 Å². The third-order valence-electron chi connectivity index (χ3n) is 5.91. The number of rotatable bonds is 5. The van der Waals surface area contributed by atoms with Crippen LogP contribution >= 0.6 is 0 Å². The summed E-state index contributed by atoms with van der Waals surface area (Å²) in [6.07, 6.45) is 3.71. The summed E-state index contributed by atoms with van der Waals surface area (Å²) in [6, 6.07) is 14.3. The van der Waals surface area contributed by atoms with E-state index in [-0.39, 0.29) is 5.56 Å². The highest BCUT2D eigenvalue weighted by atomic mass is 16.1. The van der Waals surface area contributed by atoms with Crippen molar-refractivity contribution in [3.63, 3.8) is 0 Å². The average molecular weight is 358 g/mol. The van der Waals surface area contributed by atoms with E-state index >= 15 is 0 Å². The number of nitrogens with zero attached hydrogens (tertiary/aromatic N) is 2. The molecule has 3 aromatic rings. The second-order valence-corrected chi connectivity index (χ2v) is 7.51. The lowest BCUT2D eigenvalue weighted by molar-refractivity contribution is 0.718.